The van der Waals surface area contributed by atoms with Crippen molar-refractivity contribution in [2.24, 2.45) is 0 Å². The maximum atomic E-state index is 14.3. The van der Waals surface area contributed by atoms with Crippen molar-refractivity contribution < 1.29 is 99.6 Å². The number of amides is 1. The molecule has 1 amide bonds. The highest BCUT2D eigenvalue weighted by atomic mass is 16.8. The van der Waals surface area contributed by atoms with Crippen LogP contribution in [0.4, 0.5) is 0 Å². The normalized spacial score (nSPS) is 28.4. The van der Waals surface area contributed by atoms with E-state index in [4.69, 9.17) is 85.3 Å². The van der Waals surface area contributed by atoms with Crippen molar-refractivity contribution >= 4 is 17.8 Å². The number of carbonyl (C=O) groups is 3. The van der Waals surface area contributed by atoms with Crippen molar-refractivity contribution in [1.29, 1.82) is 0 Å². The van der Waals surface area contributed by atoms with Crippen molar-refractivity contribution in [1.82, 2.24) is 5.32 Å². The summed E-state index contributed by atoms with van der Waals surface area (Å²) in [4.78, 5) is 38.7. The van der Waals surface area contributed by atoms with E-state index in [1.165, 1.54) is 14.0 Å². The van der Waals surface area contributed by atoms with Crippen LogP contribution in [0.15, 0.2) is 212 Å². The molecule has 4 heterocycles. The molecule has 4 saturated heterocycles. The Morgan fingerprint density at radius 2 is 0.673 bits per heavy atom. The lowest BCUT2D eigenvalue weighted by molar-refractivity contribution is -0.400. The molecule has 22 heteroatoms. The predicted octanol–water partition coefficient (Wildman–Crippen LogP) is 13.2. The predicted molar refractivity (Wildman–Crippen MR) is 407 cm³/mol. The quantitative estimate of drug-likeness (QED) is 0.0279. The van der Waals surface area contributed by atoms with Gasteiger partial charge in [0, 0.05) is 27.1 Å². The fraction of sp³-hybridized carbons (Fsp3) is 0.489. The summed E-state index contributed by atoms with van der Waals surface area (Å²) in [6.07, 6.45) is -17.0. The van der Waals surface area contributed by atoms with Crippen molar-refractivity contribution in [2.75, 3.05) is 20.8 Å². The average Bonchev–Trinajstić information content (AvgIpc) is 0.762. The first-order chi connectivity index (χ1) is 53.5. The number of nitrogens with one attached hydrogen (secondary N) is 1. The molecule has 4 fully saturated rings. The van der Waals surface area contributed by atoms with E-state index in [0.29, 0.717) is 19.3 Å². The third-order valence-corrected chi connectivity index (χ3v) is 20.0. The molecular weight excluding hydrogens is 1410 g/mol. The van der Waals surface area contributed by atoms with Gasteiger partial charge in [0.2, 0.25) is 5.91 Å². The third-order valence-electron chi connectivity index (χ3n) is 20.0. The molecule has 592 valence electrons. The molecule has 0 radical (unpaired) electrons. The minimum Gasteiger partial charge on any atom is -0.469 e. The van der Waals surface area contributed by atoms with Gasteiger partial charge in [0.1, 0.15) is 72.7 Å². The molecular formula is C88H109NO21. The van der Waals surface area contributed by atoms with Crippen LogP contribution in [0, 0.1) is 0 Å². The van der Waals surface area contributed by atoms with E-state index in [1.807, 2.05) is 240 Å². The monoisotopic (exact) mass is 1520 g/mol. The molecule has 4 aliphatic heterocycles. The first kappa shape index (κ1) is 83.3. The topological polar surface area (TPSA) is 229 Å². The van der Waals surface area contributed by atoms with E-state index >= 15 is 0 Å². The first-order valence-corrected chi connectivity index (χ1v) is 38.4. The van der Waals surface area contributed by atoms with Gasteiger partial charge in [-0.25, -0.2) is 0 Å². The molecule has 4 aliphatic rings. The van der Waals surface area contributed by atoms with Crippen LogP contribution >= 0.6 is 0 Å². The van der Waals surface area contributed by atoms with E-state index in [-0.39, 0.29) is 71.7 Å². The number of carbonyl (C=O) groups excluding carboxylic acids is 3. The Morgan fingerprint density at radius 3 is 1.04 bits per heavy atom. The molecule has 7 aromatic carbocycles. The van der Waals surface area contributed by atoms with Gasteiger partial charge in [0.15, 0.2) is 25.2 Å². The molecule has 110 heavy (non-hydrogen) atoms. The van der Waals surface area contributed by atoms with Crippen molar-refractivity contribution in [3.63, 3.8) is 0 Å². The van der Waals surface area contributed by atoms with Crippen LogP contribution in [0.2, 0.25) is 0 Å². The summed E-state index contributed by atoms with van der Waals surface area (Å²) in [7, 11) is 2.93. The van der Waals surface area contributed by atoms with Crippen molar-refractivity contribution in [2.45, 2.75) is 255 Å². The Balaban J connectivity index is 1.00. The lowest BCUT2D eigenvalue weighted by Crippen LogP contribution is -2.68. The van der Waals surface area contributed by atoms with Gasteiger partial charge in [-0.2, -0.15) is 0 Å². The van der Waals surface area contributed by atoms with Crippen LogP contribution in [-0.4, -0.2) is 167 Å². The van der Waals surface area contributed by atoms with Gasteiger partial charge in [-0.05, 0) is 93.3 Å². The maximum Gasteiger partial charge on any atom is 0.305 e. The molecule has 0 aliphatic carbocycles. The van der Waals surface area contributed by atoms with E-state index in [9.17, 15) is 14.4 Å². The zero-order valence-electron chi connectivity index (χ0n) is 64.5. The summed E-state index contributed by atoms with van der Waals surface area (Å²) in [5, 5.41) is 3.17. The minimum atomic E-state index is -1.33. The average molecular weight is 1520 g/mol. The summed E-state index contributed by atoms with van der Waals surface area (Å²) in [6, 6.07) is 67.9. The highest BCUT2D eigenvalue weighted by Crippen LogP contribution is 2.41. The number of esters is 2. The maximum absolute atomic E-state index is 14.3. The van der Waals surface area contributed by atoms with E-state index in [2.05, 4.69) is 5.32 Å². The summed E-state index contributed by atoms with van der Waals surface area (Å²) >= 11 is 0. The Kier molecular flexibility index (Phi) is 32.0. The number of ether oxygens (including phenoxy) is 18. The SMILES string of the molecule is COC(=O)CCCCCO[C@@H]1O[C@@H](C)[C@H](OCc2ccccc2)[C@@H](OCc2ccccc2)[C@H]1O[C@@H]1O[C@@H](C)[C@H](OCc2ccccc2)[C@@H](O[C@@H]2O[C@@H](C)[C@H](OCc3ccccc3)[C@@H](O[C@@H]3O[C@H](C)[C@@H](NC(=O)CC(C)(C)OC(C)=O)[C@H](OCc4ccccc4)[C@H]3OC)[C@H]2OCc2ccccc2)[C@H]1OCc1ccccc1. The fourth-order valence-corrected chi connectivity index (χ4v) is 14.4. The summed E-state index contributed by atoms with van der Waals surface area (Å²) in [6.45, 7) is 13.4. The summed E-state index contributed by atoms with van der Waals surface area (Å²) < 4.78 is 125. The largest absolute Gasteiger partial charge is 0.469 e. The molecule has 11 rings (SSSR count). The molecule has 20 atom stereocenters. The number of benzene rings is 7. The first-order valence-electron chi connectivity index (χ1n) is 38.4. The highest BCUT2D eigenvalue weighted by molar-refractivity contribution is 5.78. The number of unbranched alkanes of at least 4 members (excludes halogenated alkanes) is 2. The zero-order valence-corrected chi connectivity index (χ0v) is 64.5. The number of methoxy groups -OCH3 is 2. The minimum absolute atomic E-state index is 0.0487. The number of hydrogen-bond donors (Lipinski definition) is 1. The van der Waals surface area contributed by atoms with Gasteiger partial charge in [0.25, 0.3) is 0 Å². The van der Waals surface area contributed by atoms with Crippen LogP contribution in [0.1, 0.15) is 120 Å². The van der Waals surface area contributed by atoms with Crippen LogP contribution in [0.25, 0.3) is 0 Å². The third kappa shape index (κ3) is 24.2. The van der Waals surface area contributed by atoms with Crippen molar-refractivity contribution in [3.8, 4) is 0 Å². The molecule has 0 bridgehead atoms. The second kappa shape index (κ2) is 42.3. The number of rotatable bonds is 39. The van der Waals surface area contributed by atoms with Crippen LogP contribution < -0.4 is 5.32 Å². The Bertz CT molecular complexity index is 3800. The summed E-state index contributed by atoms with van der Waals surface area (Å²) in [5.41, 5.74) is 5.07. The van der Waals surface area contributed by atoms with Crippen LogP contribution in [0.5, 0.6) is 0 Å². The molecule has 0 aromatic heterocycles. The fourth-order valence-electron chi connectivity index (χ4n) is 14.4. The smallest absolute Gasteiger partial charge is 0.305 e. The zero-order chi connectivity index (χ0) is 77.2. The van der Waals surface area contributed by atoms with E-state index < -0.39 is 140 Å². The Labute approximate surface area is 647 Å². The van der Waals surface area contributed by atoms with Gasteiger partial charge >= 0.3 is 11.9 Å². The summed E-state index contributed by atoms with van der Waals surface area (Å²) in [5.74, 6) is -1.20. The van der Waals surface area contributed by atoms with Gasteiger partial charge in [-0.3, -0.25) is 14.4 Å². The molecule has 0 saturated carbocycles. The van der Waals surface area contributed by atoms with Gasteiger partial charge in [-0.1, -0.05) is 219 Å². The van der Waals surface area contributed by atoms with Gasteiger partial charge < -0.3 is 90.6 Å². The molecule has 0 spiro atoms. The Morgan fingerprint density at radius 1 is 0.355 bits per heavy atom. The van der Waals surface area contributed by atoms with E-state index in [0.717, 1.165) is 38.9 Å². The molecule has 1 N–H and O–H groups in total. The molecule has 22 nitrogen and oxygen atoms in total. The van der Waals surface area contributed by atoms with E-state index in [1.54, 1.807) is 21.0 Å². The van der Waals surface area contributed by atoms with Crippen molar-refractivity contribution in [3.05, 3.63) is 251 Å². The second-order valence-corrected chi connectivity index (χ2v) is 29.1. The highest BCUT2D eigenvalue weighted by Gasteiger charge is 2.58. The second-order valence-electron chi connectivity index (χ2n) is 29.1. The Hall–Kier alpha value is -7.69. The lowest BCUT2D eigenvalue weighted by Gasteiger charge is -2.52. The molecule has 0 unspecified atom stereocenters. The van der Waals surface area contributed by atoms with Gasteiger partial charge in [-0.15, -0.1) is 0 Å². The van der Waals surface area contributed by atoms with Gasteiger partial charge in [0.05, 0.1) is 90.2 Å². The van der Waals surface area contributed by atoms with Crippen LogP contribution in [0.3, 0.4) is 0 Å². The molecule has 7 aromatic rings. The van der Waals surface area contributed by atoms with Crippen LogP contribution in [-0.2, 0) is 146 Å². The lowest BCUT2D eigenvalue weighted by atomic mass is 9.94. The standard InChI is InChI=1S/C88H109NO21/c1-58-72(89-70(91)50-88(6,7)110-62(5)90)76(99-54-66-40-24-13-25-41-66)80(94-9)85(103-58)107-78-74(97-52-64-36-20-11-21-37-64)60(3)105-86(81(78)101-56-68-44-28-15-29-45-68)108-79-75(98-53-65-38-22-12-23-39-65)61(4)106-87(82(79)102-57-69-46-30-16-31-47-69)109-83-77(100-55-67-42-26-14-27-43-67)73(96-51-63-34-18-10-19-35-63)59(2)104-84(83)95-49-33-17-32-48-71(92)93-8/h10-16,18-31,34-47,58-61,72-87H,17,32-33,48-57H2,1-9H3,(H,89,91)/t58-,59+,60+,61+,72-,73+,74+,75+,76+,77-,78-,79-,80-,81-,82-,83-,84-,85+,86+,87+/m1/s1. The number of hydrogen-bond acceptors (Lipinski definition) is 21.